The first-order valence-electron chi connectivity index (χ1n) is 8.70. The molecule has 0 aliphatic carbocycles. The second-order valence-corrected chi connectivity index (χ2v) is 6.29. The Morgan fingerprint density at radius 3 is 2.40 bits per heavy atom. The van der Waals surface area contributed by atoms with Gasteiger partial charge in [-0.15, -0.1) is 0 Å². The molecule has 1 aliphatic heterocycles. The first-order valence-corrected chi connectivity index (χ1v) is 8.70. The van der Waals surface area contributed by atoms with Gasteiger partial charge in [0.2, 0.25) is 0 Å². The van der Waals surface area contributed by atoms with Gasteiger partial charge in [0.1, 0.15) is 0 Å². The number of rotatable bonds is 9. The van der Waals surface area contributed by atoms with E-state index in [2.05, 4.69) is 44.8 Å². The van der Waals surface area contributed by atoms with Crippen LogP contribution in [-0.2, 0) is 4.74 Å². The SMILES string of the molecule is CCCNC(C1CCCOC1)C(C)(CC)N(CC)CC. The van der Waals surface area contributed by atoms with Gasteiger partial charge >= 0.3 is 0 Å². The quantitative estimate of drug-likeness (QED) is 0.703. The summed E-state index contributed by atoms with van der Waals surface area (Å²) in [6.45, 7) is 16.8. The van der Waals surface area contributed by atoms with Gasteiger partial charge in [-0.3, -0.25) is 4.90 Å². The monoisotopic (exact) mass is 284 g/mol. The Bertz CT molecular complexity index is 249. The van der Waals surface area contributed by atoms with Crippen LogP contribution in [0.2, 0.25) is 0 Å². The molecule has 3 nitrogen and oxygen atoms in total. The van der Waals surface area contributed by atoms with Crippen molar-refractivity contribution in [3.8, 4) is 0 Å². The van der Waals surface area contributed by atoms with Crippen LogP contribution < -0.4 is 5.32 Å². The summed E-state index contributed by atoms with van der Waals surface area (Å²) in [7, 11) is 0. The van der Waals surface area contributed by atoms with Crippen LogP contribution in [-0.4, -0.2) is 49.3 Å². The van der Waals surface area contributed by atoms with Crippen molar-refractivity contribution in [3.05, 3.63) is 0 Å². The predicted molar refractivity (Wildman–Crippen MR) is 87.2 cm³/mol. The highest BCUT2D eigenvalue weighted by Crippen LogP contribution is 2.31. The molecule has 0 radical (unpaired) electrons. The van der Waals surface area contributed by atoms with E-state index in [0.29, 0.717) is 12.0 Å². The van der Waals surface area contributed by atoms with Crippen LogP contribution in [0.3, 0.4) is 0 Å². The van der Waals surface area contributed by atoms with Crippen molar-refractivity contribution in [3.63, 3.8) is 0 Å². The molecule has 20 heavy (non-hydrogen) atoms. The zero-order valence-electron chi connectivity index (χ0n) is 14.4. The summed E-state index contributed by atoms with van der Waals surface area (Å²) in [5, 5.41) is 3.86. The lowest BCUT2D eigenvalue weighted by Crippen LogP contribution is -2.63. The smallest absolute Gasteiger partial charge is 0.0509 e. The Hall–Kier alpha value is -0.120. The number of hydrogen-bond acceptors (Lipinski definition) is 3. The van der Waals surface area contributed by atoms with E-state index < -0.39 is 0 Å². The van der Waals surface area contributed by atoms with Crippen molar-refractivity contribution in [2.75, 3.05) is 32.8 Å². The fourth-order valence-corrected chi connectivity index (χ4v) is 3.81. The van der Waals surface area contributed by atoms with Gasteiger partial charge in [-0.25, -0.2) is 0 Å². The Morgan fingerprint density at radius 1 is 1.25 bits per heavy atom. The molecule has 120 valence electrons. The molecule has 3 atom stereocenters. The lowest BCUT2D eigenvalue weighted by molar-refractivity contribution is -0.0138. The summed E-state index contributed by atoms with van der Waals surface area (Å²) < 4.78 is 5.77. The molecule has 1 fully saturated rings. The second-order valence-electron chi connectivity index (χ2n) is 6.29. The van der Waals surface area contributed by atoms with Gasteiger partial charge in [-0.05, 0) is 58.2 Å². The molecule has 0 aromatic heterocycles. The third-order valence-corrected chi connectivity index (χ3v) is 5.15. The molecule has 0 saturated carbocycles. The van der Waals surface area contributed by atoms with Gasteiger partial charge < -0.3 is 10.1 Å². The summed E-state index contributed by atoms with van der Waals surface area (Å²) in [5.41, 5.74) is 0.226. The molecule has 1 heterocycles. The molecule has 1 rings (SSSR count). The van der Waals surface area contributed by atoms with Gasteiger partial charge in [0.15, 0.2) is 0 Å². The average molecular weight is 284 g/mol. The first kappa shape index (κ1) is 17.9. The topological polar surface area (TPSA) is 24.5 Å². The minimum absolute atomic E-state index is 0.226. The lowest BCUT2D eigenvalue weighted by Gasteiger charge is -2.49. The molecule has 1 aliphatic rings. The average Bonchev–Trinajstić information content (AvgIpc) is 2.49. The van der Waals surface area contributed by atoms with Gasteiger partial charge in [-0.1, -0.05) is 27.7 Å². The zero-order valence-corrected chi connectivity index (χ0v) is 14.4. The number of nitrogens with zero attached hydrogens (tertiary/aromatic N) is 1. The maximum absolute atomic E-state index is 5.77. The number of hydrogen-bond donors (Lipinski definition) is 1. The summed E-state index contributed by atoms with van der Waals surface area (Å²) in [5.74, 6) is 0.654. The second kappa shape index (κ2) is 9.01. The van der Waals surface area contributed by atoms with Crippen LogP contribution in [0.25, 0.3) is 0 Å². The minimum Gasteiger partial charge on any atom is -0.381 e. The fraction of sp³-hybridized carbons (Fsp3) is 1.00. The number of ether oxygens (including phenoxy) is 1. The van der Waals surface area contributed by atoms with Gasteiger partial charge in [0.25, 0.3) is 0 Å². The van der Waals surface area contributed by atoms with Crippen LogP contribution in [0.4, 0.5) is 0 Å². The van der Waals surface area contributed by atoms with Crippen molar-refractivity contribution in [1.82, 2.24) is 10.2 Å². The summed E-state index contributed by atoms with van der Waals surface area (Å²) in [4.78, 5) is 2.63. The molecule has 0 amide bonds. The highest BCUT2D eigenvalue weighted by atomic mass is 16.5. The Morgan fingerprint density at radius 2 is 1.95 bits per heavy atom. The summed E-state index contributed by atoms with van der Waals surface area (Å²) in [6, 6.07) is 0.535. The van der Waals surface area contributed by atoms with Gasteiger partial charge in [0.05, 0.1) is 6.61 Å². The normalized spacial score (nSPS) is 24.6. The molecule has 0 aromatic rings. The Kier molecular flexibility index (Phi) is 8.08. The first-order chi connectivity index (χ1) is 9.63. The van der Waals surface area contributed by atoms with E-state index in [9.17, 15) is 0 Å². The van der Waals surface area contributed by atoms with Crippen LogP contribution in [0.15, 0.2) is 0 Å². The standard InChI is InChI=1S/C17H36N2O/c1-6-12-18-16(15-11-10-13-20-14-15)17(5,7-2)19(8-3)9-4/h15-16,18H,6-14H2,1-5H3. The van der Waals surface area contributed by atoms with Gasteiger partial charge in [0, 0.05) is 18.2 Å². The Balaban J connectivity index is 2.91. The molecule has 3 unspecified atom stereocenters. The van der Waals surface area contributed by atoms with Crippen molar-refractivity contribution in [2.45, 2.75) is 71.9 Å². The third-order valence-electron chi connectivity index (χ3n) is 5.15. The molecular formula is C17H36N2O. The minimum atomic E-state index is 0.226. The molecule has 1 N–H and O–H groups in total. The van der Waals surface area contributed by atoms with Crippen LogP contribution in [0.5, 0.6) is 0 Å². The van der Waals surface area contributed by atoms with Crippen molar-refractivity contribution >= 4 is 0 Å². The maximum Gasteiger partial charge on any atom is 0.0509 e. The largest absolute Gasteiger partial charge is 0.381 e. The zero-order chi connectivity index (χ0) is 15.0. The van der Waals surface area contributed by atoms with Crippen LogP contribution >= 0.6 is 0 Å². The molecular weight excluding hydrogens is 248 g/mol. The Labute approximate surface area is 126 Å². The van der Waals surface area contributed by atoms with Gasteiger partial charge in [-0.2, -0.15) is 0 Å². The van der Waals surface area contributed by atoms with E-state index in [0.717, 1.165) is 32.8 Å². The summed E-state index contributed by atoms with van der Waals surface area (Å²) in [6.07, 6.45) is 4.90. The highest BCUT2D eigenvalue weighted by Gasteiger charge is 2.41. The number of likely N-dealkylation sites (N-methyl/N-ethyl adjacent to an activating group) is 1. The van der Waals surface area contributed by atoms with E-state index in [1.807, 2.05) is 0 Å². The molecule has 0 spiro atoms. The van der Waals surface area contributed by atoms with Crippen LogP contribution in [0.1, 0.15) is 60.3 Å². The summed E-state index contributed by atoms with van der Waals surface area (Å²) >= 11 is 0. The van der Waals surface area contributed by atoms with E-state index in [1.54, 1.807) is 0 Å². The van der Waals surface area contributed by atoms with E-state index >= 15 is 0 Å². The fourth-order valence-electron chi connectivity index (χ4n) is 3.81. The molecule has 0 aromatic carbocycles. The number of nitrogens with one attached hydrogen (secondary N) is 1. The van der Waals surface area contributed by atoms with E-state index in [1.165, 1.54) is 25.7 Å². The molecule has 3 heteroatoms. The maximum atomic E-state index is 5.77. The lowest BCUT2D eigenvalue weighted by atomic mass is 9.77. The van der Waals surface area contributed by atoms with E-state index in [4.69, 9.17) is 4.74 Å². The van der Waals surface area contributed by atoms with E-state index in [-0.39, 0.29) is 5.54 Å². The van der Waals surface area contributed by atoms with Crippen LogP contribution in [0, 0.1) is 5.92 Å². The third kappa shape index (κ3) is 4.19. The molecule has 1 saturated heterocycles. The van der Waals surface area contributed by atoms with Crippen molar-refractivity contribution in [1.29, 1.82) is 0 Å². The van der Waals surface area contributed by atoms with Crippen molar-refractivity contribution < 1.29 is 4.74 Å². The van der Waals surface area contributed by atoms with Crippen molar-refractivity contribution in [2.24, 2.45) is 5.92 Å². The predicted octanol–water partition coefficient (Wildman–Crippen LogP) is 3.29. The molecule has 0 bridgehead atoms. The highest BCUT2D eigenvalue weighted by molar-refractivity contribution is 4.99.